The van der Waals surface area contributed by atoms with E-state index >= 15 is 0 Å². The highest BCUT2D eigenvalue weighted by molar-refractivity contribution is 5.93. The van der Waals surface area contributed by atoms with Crippen LogP contribution < -0.4 is 10.1 Å². The molecule has 0 spiro atoms. The van der Waals surface area contributed by atoms with E-state index in [2.05, 4.69) is 10.3 Å². The van der Waals surface area contributed by atoms with Gasteiger partial charge in [0.15, 0.2) is 11.6 Å². The van der Waals surface area contributed by atoms with E-state index < -0.39 is 5.82 Å². The molecule has 0 aliphatic rings. The van der Waals surface area contributed by atoms with E-state index in [0.717, 1.165) is 0 Å². The molecule has 0 aliphatic carbocycles. The quantitative estimate of drug-likeness (QED) is 0.736. The molecule has 1 N–H and O–H groups in total. The minimum atomic E-state index is -0.458. The molecule has 26 heavy (non-hydrogen) atoms. The number of nitrogens with one attached hydrogen (secondary N) is 1. The van der Waals surface area contributed by atoms with E-state index in [9.17, 15) is 13.6 Å². The summed E-state index contributed by atoms with van der Waals surface area (Å²) >= 11 is 0. The summed E-state index contributed by atoms with van der Waals surface area (Å²) in [6.45, 7) is 1.86. The number of benzene rings is 2. The molecule has 5 nitrogen and oxygen atoms in total. The lowest BCUT2D eigenvalue weighted by Gasteiger charge is -2.16. The van der Waals surface area contributed by atoms with Crippen LogP contribution in [0.1, 0.15) is 17.4 Å². The second kappa shape index (κ2) is 7.77. The summed E-state index contributed by atoms with van der Waals surface area (Å²) in [7, 11) is 0. The molecular weight excluding hydrogens is 340 g/mol. The summed E-state index contributed by atoms with van der Waals surface area (Å²) in [5, 5.41) is 2.77. The molecular formula is C19H17F2N3O2. The molecule has 3 rings (SSSR count). The van der Waals surface area contributed by atoms with Crippen LogP contribution in [0.5, 0.6) is 5.75 Å². The van der Waals surface area contributed by atoms with Crippen molar-refractivity contribution in [2.24, 2.45) is 0 Å². The maximum absolute atomic E-state index is 13.5. The van der Waals surface area contributed by atoms with Gasteiger partial charge in [0.25, 0.3) is 5.91 Å². The van der Waals surface area contributed by atoms with Crippen LogP contribution in [0.3, 0.4) is 0 Å². The third-order valence-electron chi connectivity index (χ3n) is 3.68. The average Bonchev–Trinajstić information content (AvgIpc) is 3.11. The van der Waals surface area contributed by atoms with Gasteiger partial charge in [0.05, 0.1) is 18.6 Å². The van der Waals surface area contributed by atoms with Crippen LogP contribution in [0.15, 0.2) is 61.1 Å². The van der Waals surface area contributed by atoms with E-state index in [1.165, 1.54) is 36.8 Å². The molecule has 1 aromatic heterocycles. The van der Waals surface area contributed by atoms with Gasteiger partial charge in [-0.25, -0.2) is 13.8 Å². The number of ether oxygens (including phenoxy) is 1. The minimum absolute atomic E-state index is 0.108. The molecule has 1 unspecified atom stereocenters. The number of halogens is 2. The SMILES string of the molecule is CC(COc1ccccc1F)NC(=O)c1cncn1-c1ccc(F)cc1. The van der Waals surface area contributed by atoms with Gasteiger partial charge < -0.3 is 10.1 Å². The number of carbonyl (C=O) groups excluding carboxylic acids is 1. The van der Waals surface area contributed by atoms with Crippen molar-refractivity contribution < 1.29 is 18.3 Å². The highest BCUT2D eigenvalue weighted by atomic mass is 19.1. The number of imidazole rings is 1. The van der Waals surface area contributed by atoms with E-state index in [-0.39, 0.29) is 30.1 Å². The second-order valence-electron chi connectivity index (χ2n) is 5.74. The van der Waals surface area contributed by atoms with Gasteiger partial charge in [-0.2, -0.15) is 0 Å². The largest absolute Gasteiger partial charge is 0.488 e. The van der Waals surface area contributed by atoms with Crippen LogP contribution in [0.4, 0.5) is 8.78 Å². The summed E-state index contributed by atoms with van der Waals surface area (Å²) in [6, 6.07) is 11.4. The summed E-state index contributed by atoms with van der Waals surface area (Å²) in [6.07, 6.45) is 2.89. The van der Waals surface area contributed by atoms with Crippen LogP contribution in [0, 0.1) is 11.6 Å². The Labute approximate surface area is 149 Å². The molecule has 1 amide bonds. The van der Waals surface area contributed by atoms with E-state index in [1.54, 1.807) is 35.8 Å². The number of carbonyl (C=O) groups is 1. The van der Waals surface area contributed by atoms with E-state index in [1.807, 2.05) is 0 Å². The fourth-order valence-corrected chi connectivity index (χ4v) is 2.39. The number of nitrogens with zero attached hydrogens (tertiary/aromatic N) is 2. The first-order chi connectivity index (χ1) is 12.5. The molecule has 7 heteroatoms. The van der Waals surface area contributed by atoms with Crippen LogP contribution in [0.2, 0.25) is 0 Å². The molecule has 3 aromatic rings. The normalized spacial score (nSPS) is 11.8. The van der Waals surface area contributed by atoms with Crippen molar-refractivity contribution in [3.8, 4) is 11.4 Å². The molecule has 0 saturated carbocycles. The van der Waals surface area contributed by atoms with Gasteiger partial charge in [0, 0.05) is 5.69 Å². The van der Waals surface area contributed by atoms with Crippen LogP contribution in [0.25, 0.3) is 5.69 Å². The lowest BCUT2D eigenvalue weighted by Crippen LogP contribution is -2.37. The lowest BCUT2D eigenvalue weighted by molar-refractivity contribution is 0.0919. The summed E-state index contributed by atoms with van der Waals surface area (Å²) in [5.41, 5.74) is 0.915. The molecule has 0 radical (unpaired) electrons. The van der Waals surface area contributed by atoms with Gasteiger partial charge in [-0.3, -0.25) is 9.36 Å². The van der Waals surface area contributed by atoms with Crippen molar-refractivity contribution in [2.45, 2.75) is 13.0 Å². The number of aromatic nitrogens is 2. The Hall–Kier alpha value is -3.22. The predicted molar refractivity (Wildman–Crippen MR) is 92.3 cm³/mol. The van der Waals surface area contributed by atoms with Gasteiger partial charge in [0.1, 0.15) is 18.1 Å². The Balaban J connectivity index is 1.64. The smallest absolute Gasteiger partial charge is 0.270 e. The lowest BCUT2D eigenvalue weighted by atomic mass is 10.3. The fourth-order valence-electron chi connectivity index (χ4n) is 2.39. The maximum Gasteiger partial charge on any atom is 0.270 e. The maximum atomic E-state index is 13.5. The Bertz CT molecular complexity index is 894. The van der Waals surface area contributed by atoms with Crippen molar-refractivity contribution in [3.05, 3.63) is 78.4 Å². The minimum Gasteiger partial charge on any atom is -0.488 e. The van der Waals surface area contributed by atoms with Crippen molar-refractivity contribution in [1.82, 2.24) is 14.9 Å². The molecule has 0 fully saturated rings. The second-order valence-corrected chi connectivity index (χ2v) is 5.74. The van der Waals surface area contributed by atoms with Crippen molar-refractivity contribution in [3.63, 3.8) is 0 Å². The Kier molecular flexibility index (Phi) is 5.26. The molecule has 1 heterocycles. The molecule has 0 bridgehead atoms. The standard InChI is InChI=1S/C19H17F2N3O2/c1-13(11-26-18-5-3-2-4-16(18)21)23-19(25)17-10-22-12-24(17)15-8-6-14(20)7-9-15/h2-10,12-13H,11H2,1H3,(H,23,25). The van der Waals surface area contributed by atoms with E-state index in [0.29, 0.717) is 11.4 Å². The Morgan fingerprint density at radius 2 is 1.92 bits per heavy atom. The zero-order valence-corrected chi connectivity index (χ0v) is 14.0. The number of hydrogen-bond acceptors (Lipinski definition) is 3. The predicted octanol–water partition coefficient (Wildman–Crippen LogP) is 3.35. The Morgan fingerprint density at radius 1 is 1.19 bits per heavy atom. The van der Waals surface area contributed by atoms with Gasteiger partial charge in [0.2, 0.25) is 0 Å². The molecule has 0 aliphatic heterocycles. The summed E-state index contributed by atoms with van der Waals surface area (Å²) < 4.78 is 33.6. The molecule has 2 aromatic carbocycles. The topological polar surface area (TPSA) is 56.1 Å². The van der Waals surface area contributed by atoms with Crippen LogP contribution >= 0.6 is 0 Å². The van der Waals surface area contributed by atoms with Crippen LogP contribution in [-0.4, -0.2) is 28.1 Å². The monoisotopic (exact) mass is 357 g/mol. The first-order valence-electron chi connectivity index (χ1n) is 8.01. The van der Waals surface area contributed by atoms with Crippen molar-refractivity contribution in [1.29, 1.82) is 0 Å². The van der Waals surface area contributed by atoms with Gasteiger partial charge in [-0.15, -0.1) is 0 Å². The summed E-state index contributed by atoms with van der Waals surface area (Å²) in [5.74, 6) is -1.05. The number of para-hydroxylation sites is 1. The number of hydrogen-bond donors (Lipinski definition) is 1. The fraction of sp³-hybridized carbons (Fsp3) is 0.158. The van der Waals surface area contributed by atoms with Crippen molar-refractivity contribution in [2.75, 3.05) is 6.61 Å². The third kappa shape index (κ3) is 4.05. The van der Waals surface area contributed by atoms with Gasteiger partial charge in [-0.1, -0.05) is 12.1 Å². The highest BCUT2D eigenvalue weighted by Gasteiger charge is 2.16. The third-order valence-corrected chi connectivity index (χ3v) is 3.68. The van der Waals surface area contributed by atoms with Crippen molar-refractivity contribution >= 4 is 5.91 Å². The first-order valence-corrected chi connectivity index (χ1v) is 8.01. The zero-order valence-electron chi connectivity index (χ0n) is 14.0. The first kappa shape index (κ1) is 17.6. The van der Waals surface area contributed by atoms with Gasteiger partial charge >= 0.3 is 0 Å². The van der Waals surface area contributed by atoms with E-state index in [4.69, 9.17) is 4.74 Å². The zero-order chi connectivity index (χ0) is 18.5. The molecule has 134 valence electrons. The Morgan fingerprint density at radius 3 is 2.65 bits per heavy atom. The number of rotatable bonds is 6. The average molecular weight is 357 g/mol. The number of amides is 1. The molecule has 1 atom stereocenters. The highest BCUT2D eigenvalue weighted by Crippen LogP contribution is 2.16. The molecule has 0 saturated heterocycles. The van der Waals surface area contributed by atoms with Gasteiger partial charge in [-0.05, 0) is 43.3 Å². The van der Waals surface area contributed by atoms with Crippen LogP contribution in [-0.2, 0) is 0 Å². The summed E-state index contributed by atoms with van der Waals surface area (Å²) in [4.78, 5) is 16.5.